The van der Waals surface area contributed by atoms with Gasteiger partial charge < -0.3 is 13.9 Å². The average molecular weight is 481 g/mol. The predicted octanol–water partition coefficient (Wildman–Crippen LogP) is 4.66. The predicted molar refractivity (Wildman–Crippen MR) is 116 cm³/mol. The van der Waals surface area contributed by atoms with Crippen LogP contribution < -0.4 is 0 Å². The molecule has 0 aromatic carbocycles. The smallest absolute Gasteiger partial charge is 0.345 e. The number of halogens is 1. The van der Waals surface area contributed by atoms with E-state index in [4.69, 9.17) is 13.9 Å². The summed E-state index contributed by atoms with van der Waals surface area (Å²) < 4.78 is 19.6. The van der Waals surface area contributed by atoms with Crippen molar-refractivity contribution in [2.24, 2.45) is 4.99 Å². The van der Waals surface area contributed by atoms with E-state index in [-0.39, 0.29) is 18.5 Å². The van der Waals surface area contributed by atoms with E-state index in [1.165, 1.54) is 5.57 Å². The van der Waals surface area contributed by atoms with Crippen molar-refractivity contribution < 1.29 is 13.9 Å². The maximum atomic E-state index is 5.87. The van der Waals surface area contributed by atoms with Crippen molar-refractivity contribution in [3.05, 3.63) is 71.0 Å². The molecule has 0 bridgehead atoms. The van der Waals surface area contributed by atoms with Gasteiger partial charge in [-0.15, -0.1) is 5.10 Å². The molecule has 0 unspecified atom stereocenters. The van der Waals surface area contributed by atoms with E-state index in [9.17, 15) is 0 Å². The Hall–Kier alpha value is -3.53. The summed E-state index contributed by atoms with van der Waals surface area (Å²) in [6, 6.07) is 3.69. The maximum absolute atomic E-state index is 5.87. The van der Waals surface area contributed by atoms with Crippen LogP contribution in [0.15, 0.2) is 80.4 Å². The van der Waals surface area contributed by atoms with Gasteiger partial charge in [0.1, 0.15) is 12.0 Å². The number of rotatable bonds is 5. The van der Waals surface area contributed by atoms with E-state index in [0.717, 1.165) is 17.3 Å². The van der Waals surface area contributed by atoms with Gasteiger partial charge in [0.05, 0.1) is 16.2 Å². The molecule has 156 valence electrons. The number of aromatic nitrogens is 5. The normalized spacial score (nSPS) is 17.1. The molecule has 0 amide bonds. The quantitative estimate of drug-likeness (QED) is 0.522. The Bertz CT molecular complexity index is 1220. The molecule has 1 aliphatic heterocycles. The highest BCUT2D eigenvalue weighted by Gasteiger charge is 2.18. The molecule has 4 heterocycles. The largest absolute Gasteiger partial charge is 0.488 e. The average Bonchev–Trinajstić information content (AvgIpc) is 3.44. The molecule has 0 radical (unpaired) electrons. The van der Waals surface area contributed by atoms with Gasteiger partial charge in [-0.2, -0.15) is 10.1 Å². The van der Waals surface area contributed by atoms with Crippen molar-refractivity contribution in [3.8, 4) is 17.3 Å². The molecule has 1 aliphatic carbocycles. The Kier molecular flexibility index (Phi) is 5.44. The van der Waals surface area contributed by atoms with Crippen LogP contribution in [0, 0.1) is 0 Å². The lowest BCUT2D eigenvalue weighted by Gasteiger charge is -2.18. The van der Waals surface area contributed by atoms with E-state index in [1.54, 1.807) is 35.6 Å². The fourth-order valence-electron chi connectivity index (χ4n) is 3.21. The van der Waals surface area contributed by atoms with E-state index >= 15 is 0 Å². The van der Waals surface area contributed by atoms with Gasteiger partial charge in [-0.1, -0.05) is 28.9 Å². The first-order valence-electron chi connectivity index (χ1n) is 9.65. The minimum Gasteiger partial charge on any atom is -0.488 e. The lowest BCUT2D eigenvalue weighted by molar-refractivity contribution is 0.211. The summed E-state index contributed by atoms with van der Waals surface area (Å²) in [5.41, 5.74) is 1.92. The van der Waals surface area contributed by atoms with Crippen molar-refractivity contribution in [1.29, 1.82) is 0 Å². The number of allylic oxidation sites excluding steroid dienone is 4. The third-order valence-electron chi connectivity index (χ3n) is 4.59. The Morgan fingerprint density at radius 2 is 2.23 bits per heavy atom. The number of ether oxygens (including phenoxy) is 2. The summed E-state index contributed by atoms with van der Waals surface area (Å²) in [6.07, 6.45) is 15.8. The highest BCUT2D eigenvalue weighted by Crippen LogP contribution is 2.27. The van der Waals surface area contributed by atoms with Crippen molar-refractivity contribution in [1.82, 2.24) is 25.0 Å². The minimum absolute atomic E-state index is 0.0751. The fraction of sp³-hybridized carbons (Fsp3) is 0.190. The number of pyridine rings is 1. The van der Waals surface area contributed by atoms with Crippen molar-refractivity contribution in [2.75, 3.05) is 6.61 Å². The van der Waals surface area contributed by atoms with E-state index < -0.39 is 0 Å². The maximum Gasteiger partial charge on any atom is 0.345 e. The lowest BCUT2D eigenvalue weighted by Crippen LogP contribution is -2.16. The number of aliphatic imine (C=N–C) groups is 1. The summed E-state index contributed by atoms with van der Waals surface area (Å²) >= 11 is 3.39. The molecule has 0 N–H and O–H groups in total. The van der Waals surface area contributed by atoms with Crippen LogP contribution in [-0.4, -0.2) is 37.5 Å². The molecule has 0 saturated heterocycles. The van der Waals surface area contributed by atoms with Crippen LogP contribution in [0.25, 0.3) is 17.3 Å². The van der Waals surface area contributed by atoms with E-state index in [2.05, 4.69) is 59.4 Å². The summed E-state index contributed by atoms with van der Waals surface area (Å²) in [7, 11) is 0. The van der Waals surface area contributed by atoms with Crippen molar-refractivity contribution in [2.45, 2.75) is 19.3 Å². The van der Waals surface area contributed by atoms with Crippen molar-refractivity contribution in [3.63, 3.8) is 0 Å². The van der Waals surface area contributed by atoms with Crippen LogP contribution in [0.2, 0.25) is 0 Å². The van der Waals surface area contributed by atoms with Gasteiger partial charge in [0, 0.05) is 18.8 Å². The van der Waals surface area contributed by atoms with Crippen LogP contribution in [-0.2, 0) is 9.47 Å². The molecular weight excluding hydrogens is 464 g/mol. The summed E-state index contributed by atoms with van der Waals surface area (Å²) in [4.78, 5) is 8.70. The van der Waals surface area contributed by atoms with Gasteiger partial charge in [-0.25, -0.2) is 9.67 Å². The number of hydrogen-bond acceptors (Lipinski definition) is 8. The van der Waals surface area contributed by atoms with E-state index in [0.29, 0.717) is 29.5 Å². The monoisotopic (exact) mass is 480 g/mol. The minimum atomic E-state index is 0.0751. The molecule has 5 rings (SSSR count). The van der Waals surface area contributed by atoms with Gasteiger partial charge in [0.2, 0.25) is 5.90 Å². The Labute approximate surface area is 185 Å². The Balaban J connectivity index is 1.35. The molecule has 0 fully saturated rings. The number of nitrogens with zero attached hydrogens (tertiary/aromatic N) is 6. The zero-order chi connectivity index (χ0) is 21.0. The summed E-state index contributed by atoms with van der Waals surface area (Å²) in [5, 5.41) is 12.4. The van der Waals surface area contributed by atoms with Gasteiger partial charge in [-0.3, -0.25) is 0 Å². The van der Waals surface area contributed by atoms with Gasteiger partial charge in [-0.05, 0) is 40.9 Å². The molecule has 31 heavy (non-hydrogen) atoms. The van der Waals surface area contributed by atoms with Crippen LogP contribution in [0.4, 0.5) is 6.01 Å². The lowest BCUT2D eigenvalue weighted by atomic mass is 10.0. The van der Waals surface area contributed by atoms with Crippen LogP contribution in [0.3, 0.4) is 0 Å². The second-order valence-corrected chi connectivity index (χ2v) is 7.75. The molecule has 0 saturated carbocycles. The Morgan fingerprint density at radius 1 is 1.26 bits per heavy atom. The van der Waals surface area contributed by atoms with Crippen LogP contribution in [0.5, 0.6) is 0 Å². The van der Waals surface area contributed by atoms with Crippen molar-refractivity contribution >= 4 is 27.8 Å². The first-order chi connectivity index (χ1) is 15.2. The number of hydrogen-bond donors (Lipinski definition) is 0. The SMILES string of the molecule is Brc1cnn(-c2ncccc2-c2nnc(N=C3COC=C(CC4=CC=CCC4)O3)o2)c1. The molecule has 10 heteroatoms. The highest BCUT2D eigenvalue weighted by molar-refractivity contribution is 9.10. The van der Waals surface area contributed by atoms with Crippen LogP contribution >= 0.6 is 15.9 Å². The van der Waals surface area contributed by atoms with Gasteiger partial charge in [0.15, 0.2) is 12.4 Å². The summed E-state index contributed by atoms with van der Waals surface area (Å²) in [6.45, 7) is 0.194. The highest BCUT2D eigenvalue weighted by atomic mass is 79.9. The molecule has 3 aromatic heterocycles. The van der Waals surface area contributed by atoms with Gasteiger partial charge >= 0.3 is 6.01 Å². The molecule has 9 nitrogen and oxygen atoms in total. The Morgan fingerprint density at radius 3 is 3.06 bits per heavy atom. The molecule has 0 atom stereocenters. The topological polar surface area (TPSA) is 100 Å². The first kappa shape index (κ1) is 19.4. The third-order valence-corrected chi connectivity index (χ3v) is 5.00. The fourth-order valence-corrected chi connectivity index (χ4v) is 3.49. The zero-order valence-corrected chi connectivity index (χ0v) is 17.9. The second-order valence-electron chi connectivity index (χ2n) is 6.84. The first-order valence-corrected chi connectivity index (χ1v) is 10.4. The molecule has 0 spiro atoms. The second kappa shape index (κ2) is 8.68. The molecule has 2 aliphatic rings. The molecule has 3 aromatic rings. The standard InChI is InChI=1S/C21H17BrN6O3/c22-15-10-24-28(11-15)19-17(7-4-8-23-19)20-26-27-21(31-20)25-18-13-29-12-16(30-18)9-14-5-2-1-3-6-14/h1-2,4-5,7-8,10-12H,3,6,9,13H2. The van der Waals surface area contributed by atoms with Crippen LogP contribution in [0.1, 0.15) is 19.3 Å². The molecular formula is C21H17BrN6O3. The van der Waals surface area contributed by atoms with E-state index in [1.807, 2.05) is 6.07 Å². The zero-order valence-electron chi connectivity index (χ0n) is 16.3. The van der Waals surface area contributed by atoms with Gasteiger partial charge in [0.25, 0.3) is 5.89 Å². The summed E-state index contributed by atoms with van der Waals surface area (Å²) in [5.74, 6) is 1.90. The third kappa shape index (κ3) is 4.48.